The van der Waals surface area contributed by atoms with Crippen LogP contribution in [0, 0.1) is 6.92 Å². The van der Waals surface area contributed by atoms with Crippen LogP contribution in [0.15, 0.2) is 61.0 Å². The lowest BCUT2D eigenvalue weighted by molar-refractivity contribution is -0.265. The number of carbonyl (C=O) groups excluding carboxylic acids is 1. The van der Waals surface area contributed by atoms with Gasteiger partial charge in [-0.25, -0.2) is 4.39 Å². The number of benzene rings is 1. The van der Waals surface area contributed by atoms with Gasteiger partial charge in [-0.1, -0.05) is 25.7 Å². The van der Waals surface area contributed by atoms with Crippen LogP contribution in [0.1, 0.15) is 52.6 Å². The molecule has 222 valence electrons. The van der Waals surface area contributed by atoms with Gasteiger partial charge in [-0.2, -0.15) is 13.2 Å². The SMILES string of the molecule is C=C/C=C(F)\C=C/Cc1cc(CNCC)cc(C(O)(CNC(=O)c2cc(OC)c(OC3CC3)cc2C)C(F)(F)F)n1. The van der Waals surface area contributed by atoms with E-state index >= 15 is 0 Å². The van der Waals surface area contributed by atoms with E-state index in [0.717, 1.165) is 31.1 Å². The molecule has 0 spiro atoms. The van der Waals surface area contributed by atoms with Crippen LogP contribution in [-0.4, -0.2) is 48.5 Å². The molecule has 0 bridgehead atoms. The number of methoxy groups -OCH3 is 1. The Kier molecular flexibility index (Phi) is 10.7. The standard InChI is InChI=1S/C30H35F4N3O4/c1-5-8-21(31)9-7-10-22-14-20(17-35-6-2)15-27(37-22)29(39,30(32,33)34)18-36-28(38)24-16-25(40-4)26(13-19(24)3)41-23-11-12-23/h5,7-9,13-16,23,35,39H,1,6,10-12,17-18H2,2-4H3,(H,36,38)/b9-7-,21-8+. The molecule has 0 saturated heterocycles. The molecule has 1 amide bonds. The molecule has 1 aliphatic rings. The van der Waals surface area contributed by atoms with Crippen LogP contribution in [0.4, 0.5) is 17.6 Å². The summed E-state index contributed by atoms with van der Waals surface area (Å²) in [5, 5.41) is 16.3. The number of aryl methyl sites for hydroxylation is 1. The number of alkyl halides is 3. The lowest BCUT2D eigenvalue weighted by Crippen LogP contribution is -2.51. The van der Waals surface area contributed by atoms with Gasteiger partial charge in [0.2, 0.25) is 5.60 Å². The molecule has 1 atom stereocenters. The highest BCUT2D eigenvalue weighted by Gasteiger charge is 2.56. The molecular weight excluding hydrogens is 542 g/mol. The lowest BCUT2D eigenvalue weighted by atomic mass is 9.95. The van der Waals surface area contributed by atoms with Gasteiger partial charge in [-0.3, -0.25) is 9.78 Å². The molecule has 1 heterocycles. The van der Waals surface area contributed by atoms with Gasteiger partial charge in [0, 0.05) is 24.2 Å². The smallest absolute Gasteiger partial charge is 0.424 e. The first-order chi connectivity index (χ1) is 19.4. The zero-order valence-electron chi connectivity index (χ0n) is 23.3. The van der Waals surface area contributed by atoms with Crippen LogP contribution < -0.4 is 20.1 Å². The zero-order chi connectivity index (χ0) is 30.2. The number of aromatic nitrogens is 1. The molecule has 1 saturated carbocycles. The quantitative estimate of drug-likeness (QED) is 0.207. The van der Waals surface area contributed by atoms with Gasteiger partial charge in [0.15, 0.2) is 11.5 Å². The number of aliphatic hydroxyl groups is 1. The number of amides is 1. The lowest BCUT2D eigenvalue weighted by Gasteiger charge is -2.31. The van der Waals surface area contributed by atoms with Crippen molar-refractivity contribution >= 4 is 5.91 Å². The molecule has 0 aliphatic heterocycles. The highest BCUT2D eigenvalue weighted by molar-refractivity contribution is 5.96. The van der Waals surface area contributed by atoms with E-state index in [4.69, 9.17) is 9.47 Å². The number of pyridine rings is 1. The van der Waals surface area contributed by atoms with Gasteiger partial charge in [0.25, 0.3) is 5.91 Å². The van der Waals surface area contributed by atoms with E-state index in [1.807, 2.05) is 6.92 Å². The highest BCUT2D eigenvalue weighted by atomic mass is 19.4. The number of ether oxygens (including phenoxy) is 2. The maximum absolute atomic E-state index is 14.4. The van der Waals surface area contributed by atoms with Gasteiger partial charge in [0.1, 0.15) is 5.83 Å². The largest absolute Gasteiger partial charge is 0.493 e. The number of nitrogens with one attached hydrogen (secondary N) is 2. The Hall–Kier alpha value is -3.70. The number of allylic oxidation sites excluding steroid dienone is 5. The Labute approximate surface area is 237 Å². The fourth-order valence-electron chi connectivity index (χ4n) is 3.96. The maximum Gasteiger partial charge on any atom is 0.424 e. The van der Waals surface area contributed by atoms with Crippen LogP contribution in [0.5, 0.6) is 11.5 Å². The second-order valence-electron chi connectivity index (χ2n) is 9.70. The molecular formula is C30H35F4N3O4. The molecule has 3 rings (SSSR count). The summed E-state index contributed by atoms with van der Waals surface area (Å²) >= 11 is 0. The maximum atomic E-state index is 14.4. The molecule has 1 fully saturated rings. The van der Waals surface area contributed by atoms with Crippen molar-refractivity contribution < 1.29 is 36.9 Å². The Morgan fingerprint density at radius 2 is 1.95 bits per heavy atom. The third-order valence-electron chi connectivity index (χ3n) is 6.37. The molecule has 3 N–H and O–H groups in total. The van der Waals surface area contributed by atoms with Crippen LogP contribution in [0.25, 0.3) is 0 Å². The van der Waals surface area contributed by atoms with Crippen LogP contribution >= 0.6 is 0 Å². The van der Waals surface area contributed by atoms with Crippen molar-refractivity contribution in [3.05, 3.63) is 89.1 Å². The van der Waals surface area contributed by atoms with E-state index in [1.54, 1.807) is 19.1 Å². The molecule has 41 heavy (non-hydrogen) atoms. The fraction of sp³-hybridized carbons (Fsp3) is 0.400. The van der Waals surface area contributed by atoms with Crippen molar-refractivity contribution in [2.45, 2.75) is 57.5 Å². The van der Waals surface area contributed by atoms with Gasteiger partial charge in [0.05, 0.1) is 25.5 Å². The molecule has 7 nitrogen and oxygen atoms in total. The molecule has 2 aromatic rings. The topological polar surface area (TPSA) is 92.7 Å². The average molecular weight is 578 g/mol. The number of nitrogens with zero attached hydrogens (tertiary/aromatic N) is 1. The van der Waals surface area contributed by atoms with E-state index in [9.17, 15) is 27.5 Å². The van der Waals surface area contributed by atoms with Crippen molar-refractivity contribution in [1.29, 1.82) is 0 Å². The number of hydrogen-bond acceptors (Lipinski definition) is 6. The first-order valence-corrected chi connectivity index (χ1v) is 13.2. The van der Waals surface area contributed by atoms with Gasteiger partial charge >= 0.3 is 6.18 Å². The van der Waals surface area contributed by atoms with Crippen LogP contribution in [0.3, 0.4) is 0 Å². The van der Waals surface area contributed by atoms with Crippen LogP contribution in [-0.2, 0) is 18.6 Å². The minimum absolute atomic E-state index is 0.0000692. The number of rotatable bonds is 14. The first-order valence-electron chi connectivity index (χ1n) is 13.2. The van der Waals surface area contributed by atoms with Gasteiger partial charge < -0.3 is 25.2 Å². The number of carbonyl (C=O) groups is 1. The normalized spacial score (nSPS) is 15.5. The number of halogens is 4. The summed E-state index contributed by atoms with van der Waals surface area (Å²) in [6.07, 6.45) is 1.64. The van der Waals surface area contributed by atoms with Crippen molar-refractivity contribution in [2.75, 3.05) is 20.2 Å². The van der Waals surface area contributed by atoms with E-state index in [1.165, 1.54) is 25.3 Å². The molecule has 11 heteroatoms. The summed E-state index contributed by atoms with van der Waals surface area (Å²) in [7, 11) is 1.40. The van der Waals surface area contributed by atoms with E-state index < -0.39 is 35.8 Å². The van der Waals surface area contributed by atoms with Gasteiger partial charge in [-0.05, 0) is 73.9 Å². The van der Waals surface area contributed by atoms with Crippen molar-refractivity contribution in [3.8, 4) is 11.5 Å². The average Bonchev–Trinajstić information content (AvgIpc) is 3.74. The molecule has 1 aliphatic carbocycles. The highest BCUT2D eigenvalue weighted by Crippen LogP contribution is 2.39. The van der Waals surface area contributed by atoms with Gasteiger partial charge in [-0.15, -0.1) is 0 Å². The van der Waals surface area contributed by atoms with Crippen molar-refractivity contribution in [3.63, 3.8) is 0 Å². The third kappa shape index (κ3) is 8.40. The van der Waals surface area contributed by atoms with Crippen LogP contribution in [0.2, 0.25) is 0 Å². The Bertz CT molecular complexity index is 1310. The Morgan fingerprint density at radius 1 is 1.22 bits per heavy atom. The molecule has 1 aromatic carbocycles. The second-order valence-corrected chi connectivity index (χ2v) is 9.70. The summed E-state index contributed by atoms with van der Waals surface area (Å²) in [6, 6.07) is 5.71. The minimum atomic E-state index is -5.19. The Balaban J connectivity index is 1.91. The summed E-state index contributed by atoms with van der Waals surface area (Å²) in [6.45, 7) is 6.44. The summed E-state index contributed by atoms with van der Waals surface area (Å²) in [5.74, 6) is -0.705. The second kappa shape index (κ2) is 13.8. The zero-order valence-corrected chi connectivity index (χ0v) is 23.3. The third-order valence-corrected chi connectivity index (χ3v) is 6.37. The number of hydrogen-bond donors (Lipinski definition) is 3. The predicted molar refractivity (Wildman–Crippen MR) is 148 cm³/mol. The summed E-state index contributed by atoms with van der Waals surface area (Å²) < 4.78 is 68.0. The molecule has 0 radical (unpaired) electrons. The predicted octanol–water partition coefficient (Wildman–Crippen LogP) is 5.37. The summed E-state index contributed by atoms with van der Waals surface area (Å²) in [4.78, 5) is 17.1. The molecule has 1 unspecified atom stereocenters. The molecule has 1 aromatic heterocycles. The first kappa shape index (κ1) is 31.8. The van der Waals surface area contributed by atoms with E-state index in [2.05, 4.69) is 22.2 Å². The van der Waals surface area contributed by atoms with Crippen molar-refractivity contribution in [1.82, 2.24) is 15.6 Å². The van der Waals surface area contributed by atoms with E-state index in [0.29, 0.717) is 23.4 Å². The van der Waals surface area contributed by atoms with E-state index in [-0.39, 0.29) is 36.1 Å². The monoisotopic (exact) mass is 577 g/mol. The fourth-order valence-corrected chi connectivity index (χ4v) is 3.96. The minimum Gasteiger partial charge on any atom is -0.493 e. The van der Waals surface area contributed by atoms with Crippen molar-refractivity contribution in [2.24, 2.45) is 0 Å². The Morgan fingerprint density at radius 3 is 2.56 bits per heavy atom. The summed E-state index contributed by atoms with van der Waals surface area (Å²) in [5.41, 5.74) is -3.05.